The zero-order valence-electron chi connectivity index (χ0n) is 11.6. The van der Waals surface area contributed by atoms with Crippen LogP contribution >= 0.6 is 0 Å². The van der Waals surface area contributed by atoms with E-state index in [9.17, 15) is 13.2 Å². The van der Waals surface area contributed by atoms with Gasteiger partial charge in [-0.2, -0.15) is 0 Å². The van der Waals surface area contributed by atoms with Gasteiger partial charge in [0.15, 0.2) is 0 Å². The van der Waals surface area contributed by atoms with Crippen molar-refractivity contribution in [1.82, 2.24) is 4.72 Å². The van der Waals surface area contributed by atoms with Crippen LogP contribution < -0.4 is 4.72 Å². The summed E-state index contributed by atoms with van der Waals surface area (Å²) in [5, 5.41) is 8.31. The van der Waals surface area contributed by atoms with Crippen LogP contribution in [0.3, 0.4) is 0 Å². The molecule has 0 aromatic rings. The van der Waals surface area contributed by atoms with E-state index in [4.69, 9.17) is 5.11 Å². The first kappa shape index (κ1) is 16.4. The molecular formula is C12H23NO5S. The van der Waals surface area contributed by atoms with Crippen molar-refractivity contribution >= 4 is 16.0 Å². The van der Waals surface area contributed by atoms with Gasteiger partial charge >= 0.3 is 5.97 Å². The zero-order valence-corrected chi connectivity index (χ0v) is 12.4. The molecule has 1 aliphatic carbocycles. The van der Waals surface area contributed by atoms with Crippen LogP contribution in [0.4, 0.5) is 0 Å². The minimum absolute atomic E-state index is 0.0885. The summed E-state index contributed by atoms with van der Waals surface area (Å²) >= 11 is 0. The van der Waals surface area contributed by atoms with Gasteiger partial charge in [-0.25, -0.2) is 13.1 Å². The highest BCUT2D eigenvalue weighted by molar-refractivity contribution is 7.90. The first-order valence-corrected chi connectivity index (χ1v) is 8.08. The van der Waals surface area contributed by atoms with Crippen molar-refractivity contribution in [3.8, 4) is 0 Å². The number of aliphatic hydroxyl groups is 1. The lowest BCUT2D eigenvalue weighted by atomic mass is 10.1. The molecule has 0 radical (unpaired) electrons. The minimum Gasteiger partial charge on any atom is -0.469 e. The van der Waals surface area contributed by atoms with E-state index in [-0.39, 0.29) is 18.6 Å². The molecule has 4 unspecified atom stereocenters. The third-order valence-corrected chi connectivity index (χ3v) is 5.91. The lowest BCUT2D eigenvalue weighted by molar-refractivity contribution is -0.145. The van der Waals surface area contributed by atoms with E-state index in [1.54, 1.807) is 13.8 Å². The lowest BCUT2D eigenvalue weighted by Crippen LogP contribution is -2.45. The lowest BCUT2D eigenvalue weighted by Gasteiger charge is -2.24. The molecule has 0 heterocycles. The molecule has 19 heavy (non-hydrogen) atoms. The predicted molar refractivity (Wildman–Crippen MR) is 70.9 cm³/mol. The normalized spacial score (nSPS) is 26.9. The number of esters is 1. The molecule has 0 aromatic heterocycles. The van der Waals surface area contributed by atoms with Gasteiger partial charge in [-0.1, -0.05) is 13.3 Å². The van der Waals surface area contributed by atoms with Crippen LogP contribution in [-0.2, 0) is 19.6 Å². The molecule has 1 saturated carbocycles. The number of rotatable bonds is 6. The van der Waals surface area contributed by atoms with Gasteiger partial charge in [0.2, 0.25) is 10.0 Å². The van der Waals surface area contributed by atoms with Gasteiger partial charge in [-0.05, 0) is 25.7 Å². The monoisotopic (exact) mass is 293 g/mol. The molecule has 0 bridgehead atoms. The number of aliphatic hydroxyl groups excluding tert-OH is 1. The fourth-order valence-corrected chi connectivity index (χ4v) is 4.42. The van der Waals surface area contributed by atoms with Crippen LogP contribution in [0.15, 0.2) is 0 Å². The molecule has 6 nitrogen and oxygen atoms in total. The highest BCUT2D eigenvalue weighted by atomic mass is 32.2. The Hall–Kier alpha value is -0.660. The third-order valence-electron chi connectivity index (χ3n) is 3.85. The van der Waals surface area contributed by atoms with Crippen LogP contribution in [0.5, 0.6) is 0 Å². The maximum atomic E-state index is 12.3. The number of nitrogens with one attached hydrogen (secondary N) is 1. The zero-order chi connectivity index (χ0) is 14.6. The summed E-state index contributed by atoms with van der Waals surface area (Å²) in [6.45, 7) is 3.38. The second-order valence-electron chi connectivity index (χ2n) is 5.21. The van der Waals surface area contributed by atoms with Crippen LogP contribution in [0.25, 0.3) is 0 Å². The van der Waals surface area contributed by atoms with E-state index >= 15 is 0 Å². The van der Waals surface area contributed by atoms with E-state index in [1.165, 1.54) is 7.11 Å². The first-order chi connectivity index (χ1) is 8.83. The van der Waals surface area contributed by atoms with E-state index in [0.29, 0.717) is 19.3 Å². The van der Waals surface area contributed by atoms with Crippen LogP contribution in [0.2, 0.25) is 0 Å². The van der Waals surface area contributed by atoms with Crippen molar-refractivity contribution in [2.24, 2.45) is 11.8 Å². The van der Waals surface area contributed by atoms with Crippen molar-refractivity contribution in [3.05, 3.63) is 0 Å². The average molecular weight is 293 g/mol. The average Bonchev–Trinajstić information content (AvgIpc) is 2.86. The molecule has 0 amide bonds. The Bertz CT molecular complexity index is 408. The highest BCUT2D eigenvalue weighted by Gasteiger charge is 2.42. The van der Waals surface area contributed by atoms with Gasteiger partial charge in [0.25, 0.3) is 0 Å². The fraction of sp³-hybridized carbons (Fsp3) is 0.917. The Kier molecular flexibility index (Phi) is 5.76. The standard InChI is InChI=1S/C12H23NO5S/c1-8(7-14)9(2)13-19(16,17)11-6-4-5-10(11)12(15)18-3/h8-11,13-14H,4-7H2,1-3H3. The van der Waals surface area contributed by atoms with Crippen LogP contribution in [-0.4, -0.2) is 44.5 Å². The molecule has 7 heteroatoms. The number of carbonyl (C=O) groups is 1. The summed E-state index contributed by atoms with van der Waals surface area (Å²) in [5.41, 5.74) is 0. The van der Waals surface area contributed by atoms with E-state index < -0.39 is 27.2 Å². The summed E-state index contributed by atoms with van der Waals surface area (Å²) in [6, 6.07) is -0.367. The van der Waals surface area contributed by atoms with Gasteiger partial charge in [0, 0.05) is 12.6 Å². The molecule has 1 fully saturated rings. The predicted octanol–water partition coefficient (Wildman–Crippen LogP) is 0.264. The van der Waals surface area contributed by atoms with E-state index in [2.05, 4.69) is 9.46 Å². The molecule has 2 N–H and O–H groups in total. The van der Waals surface area contributed by atoms with Gasteiger partial charge < -0.3 is 9.84 Å². The fourth-order valence-electron chi connectivity index (χ4n) is 2.34. The summed E-state index contributed by atoms with van der Waals surface area (Å²) in [7, 11) is -2.31. The molecule has 0 spiro atoms. The van der Waals surface area contributed by atoms with Gasteiger partial charge in [0.05, 0.1) is 18.3 Å². The second-order valence-corrected chi connectivity index (χ2v) is 7.14. The van der Waals surface area contributed by atoms with E-state index in [1.807, 2.05) is 0 Å². The number of ether oxygens (including phenoxy) is 1. The Morgan fingerprint density at radius 2 is 2.05 bits per heavy atom. The highest BCUT2D eigenvalue weighted by Crippen LogP contribution is 2.32. The van der Waals surface area contributed by atoms with Gasteiger partial charge in [0.1, 0.15) is 0 Å². The Balaban J connectivity index is 2.79. The Morgan fingerprint density at radius 3 is 2.58 bits per heavy atom. The molecule has 112 valence electrons. The molecule has 0 aliphatic heterocycles. The summed E-state index contributed by atoms with van der Waals surface area (Å²) < 4.78 is 31.8. The SMILES string of the molecule is COC(=O)C1CCCC1S(=O)(=O)NC(C)C(C)CO. The topological polar surface area (TPSA) is 92.7 Å². The molecule has 1 rings (SSSR count). The molecule has 4 atom stereocenters. The molecule has 1 aliphatic rings. The first-order valence-electron chi connectivity index (χ1n) is 6.53. The maximum Gasteiger partial charge on any atom is 0.310 e. The summed E-state index contributed by atoms with van der Waals surface area (Å²) in [6.07, 6.45) is 1.72. The number of methoxy groups -OCH3 is 1. The molecular weight excluding hydrogens is 270 g/mol. The van der Waals surface area contributed by atoms with Crippen molar-refractivity contribution in [2.75, 3.05) is 13.7 Å². The quantitative estimate of drug-likeness (QED) is 0.686. The largest absolute Gasteiger partial charge is 0.469 e. The second kappa shape index (κ2) is 6.67. The third kappa shape index (κ3) is 3.90. The number of carbonyl (C=O) groups excluding carboxylic acids is 1. The summed E-state index contributed by atoms with van der Waals surface area (Å²) in [4.78, 5) is 11.6. The van der Waals surface area contributed by atoms with Crippen LogP contribution in [0, 0.1) is 11.8 Å². The van der Waals surface area contributed by atoms with Crippen molar-refractivity contribution < 1.29 is 23.1 Å². The molecule has 0 aromatic carbocycles. The summed E-state index contributed by atoms with van der Waals surface area (Å²) in [5.74, 6) is -1.22. The van der Waals surface area contributed by atoms with E-state index in [0.717, 1.165) is 0 Å². The Labute approximate surface area is 114 Å². The Morgan fingerprint density at radius 1 is 1.42 bits per heavy atom. The van der Waals surface area contributed by atoms with Gasteiger partial charge in [-0.15, -0.1) is 0 Å². The van der Waals surface area contributed by atoms with Crippen molar-refractivity contribution in [1.29, 1.82) is 0 Å². The number of hydrogen-bond donors (Lipinski definition) is 2. The number of sulfonamides is 1. The minimum atomic E-state index is -3.58. The van der Waals surface area contributed by atoms with Crippen molar-refractivity contribution in [3.63, 3.8) is 0 Å². The molecule has 0 saturated heterocycles. The van der Waals surface area contributed by atoms with Gasteiger partial charge in [-0.3, -0.25) is 4.79 Å². The van der Waals surface area contributed by atoms with Crippen LogP contribution in [0.1, 0.15) is 33.1 Å². The van der Waals surface area contributed by atoms with Crippen molar-refractivity contribution in [2.45, 2.75) is 44.4 Å². The maximum absolute atomic E-state index is 12.3. The number of hydrogen-bond acceptors (Lipinski definition) is 5. The smallest absolute Gasteiger partial charge is 0.310 e.